The zero-order valence-electron chi connectivity index (χ0n) is 4.41. The first-order valence-corrected chi connectivity index (χ1v) is 2.64. The fraction of sp³-hybridized carbons (Fsp3) is 0. The summed E-state index contributed by atoms with van der Waals surface area (Å²) in [5.41, 5.74) is 0.440. The molecule has 0 saturated carbocycles. The molecule has 0 aliphatic rings. The molecule has 0 fully saturated rings. The van der Waals surface area contributed by atoms with Crippen LogP contribution in [0.4, 0.5) is 0 Å². The number of hydrogen-bond acceptors (Lipinski definition) is 3. The SMILES string of the molecule is O=Cc1cnnc(Cl)c1. The van der Waals surface area contributed by atoms with E-state index in [2.05, 4.69) is 10.2 Å². The van der Waals surface area contributed by atoms with Crippen LogP contribution in [0.1, 0.15) is 10.4 Å². The summed E-state index contributed by atoms with van der Waals surface area (Å²) in [6, 6.07) is 1.45. The summed E-state index contributed by atoms with van der Waals surface area (Å²) in [7, 11) is 0. The van der Waals surface area contributed by atoms with Gasteiger partial charge in [0.1, 0.15) is 0 Å². The molecular formula is C5H3ClN2O. The van der Waals surface area contributed by atoms with Gasteiger partial charge in [0.2, 0.25) is 0 Å². The molecule has 1 aromatic rings. The second kappa shape index (κ2) is 2.55. The Balaban J connectivity index is 3.07. The van der Waals surface area contributed by atoms with Gasteiger partial charge in [-0.15, -0.1) is 5.10 Å². The van der Waals surface area contributed by atoms with E-state index < -0.39 is 0 Å². The highest BCUT2D eigenvalue weighted by Gasteiger charge is 1.90. The van der Waals surface area contributed by atoms with Crippen LogP contribution in [0.15, 0.2) is 12.3 Å². The van der Waals surface area contributed by atoms with Crippen molar-refractivity contribution in [2.24, 2.45) is 0 Å². The first-order valence-electron chi connectivity index (χ1n) is 2.26. The molecule has 9 heavy (non-hydrogen) atoms. The standard InChI is InChI=1S/C5H3ClN2O/c6-5-1-4(3-9)2-7-8-5/h1-3H. The molecule has 0 bridgehead atoms. The lowest BCUT2D eigenvalue weighted by Gasteiger charge is -1.85. The van der Waals surface area contributed by atoms with Crippen molar-refractivity contribution in [2.75, 3.05) is 0 Å². The molecule has 0 N–H and O–H groups in total. The third kappa shape index (κ3) is 1.47. The van der Waals surface area contributed by atoms with E-state index in [1.54, 1.807) is 0 Å². The number of halogens is 1. The largest absolute Gasteiger partial charge is 0.298 e. The van der Waals surface area contributed by atoms with Gasteiger partial charge in [0.25, 0.3) is 0 Å². The Morgan fingerprint density at radius 2 is 2.44 bits per heavy atom. The van der Waals surface area contributed by atoms with Crippen molar-refractivity contribution in [3.05, 3.63) is 23.0 Å². The molecular weight excluding hydrogens is 140 g/mol. The average Bonchev–Trinajstić information content (AvgIpc) is 1.88. The summed E-state index contributed by atoms with van der Waals surface area (Å²) < 4.78 is 0. The Kier molecular flexibility index (Phi) is 1.75. The molecule has 1 heterocycles. The van der Waals surface area contributed by atoms with E-state index in [-0.39, 0.29) is 5.15 Å². The highest BCUT2D eigenvalue weighted by atomic mass is 35.5. The van der Waals surface area contributed by atoms with Crippen LogP contribution in [-0.2, 0) is 0 Å². The van der Waals surface area contributed by atoms with Crippen molar-refractivity contribution in [1.82, 2.24) is 10.2 Å². The van der Waals surface area contributed by atoms with Crippen molar-refractivity contribution < 1.29 is 4.79 Å². The van der Waals surface area contributed by atoms with Gasteiger partial charge in [0.05, 0.1) is 6.20 Å². The van der Waals surface area contributed by atoms with Gasteiger partial charge in [-0.3, -0.25) is 4.79 Å². The molecule has 0 radical (unpaired) electrons. The number of carbonyl (C=O) groups excluding carboxylic acids is 1. The lowest BCUT2D eigenvalue weighted by molar-refractivity contribution is 0.112. The molecule has 4 heteroatoms. The maximum Gasteiger partial charge on any atom is 0.152 e. The van der Waals surface area contributed by atoms with Crippen LogP contribution in [0.3, 0.4) is 0 Å². The first-order chi connectivity index (χ1) is 4.33. The summed E-state index contributed by atoms with van der Waals surface area (Å²) >= 11 is 5.39. The van der Waals surface area contributed by atoms with Gasteiger partial charge in [0, 0.05) is 5.56 Å². The van der Waals surface area contributed by atoms with E-state index in [1.807, 2.05) is 0 Å². The van der Waals surface area contributed by atoms with Crippen LogP contribution in [0.2, 0.25) is 5.15 Å². The smallest absolute Gasteiger partial charge is 0.152 e. The van der Waals surface area contributed by atoms with Crippen molar-refractivity contribution in [3.8, 4) is 0 Å². The quantitative estimate of drug-likeness (QED) is 0.548. The van der Waals surface area contributed by atoms with E-state index in [9.17, 15) is 4.79 Å². The van der Waals surface area contributed by atoms with Crippen molar-refractivity contribution in [1.29, 1.82) is 0 Å². The Labute approximate surface area is 56.7 Å². The van der Waals surface area contributed by atoms with E-state index in [1.165, 1.54) is 12.3 Å². The Bertz CT molecular complexity index is 226. The molecule has 1 aromatic heterocycles. The maximum absolute atomic E-state index is 10.0. The molecule has 0 saturated heterocycles. The average molecular weight is 143 g/mol. The van der Waals surface area contributed by atoms with Crippen LogP contribution in [0.25, 0.3) is 0 Å². The summed E-state index contributed by atoms with van der Waals surface area (Å²) in [6.07, 6.45) is 2.01. The van der Waals surface area contributed by atoms with Crippen LogP contribution in [-0.4, -0.2) is 16.5 Å². The van der Waals surface area contributed by atoms with E-state index in [0.717, 1.165) is 0 Å². The minimum Gasteiger partial charge on any atom is -0.298 e. The fourth-order valence-electron chi connectivity index (χ4n) is 0.419. The number of aromatic nitrogens is 2. The molecule has 0 aromatic carbocycles. The van der Waals surface area contributed by atoms with Gasteiger partial charge in [-0.05, 0) is 6.07 Å². The topological polar surface area (TPSA) is 42.9 Å². The van der Waals surface area contributed by atoms with E-state index in [4.69, 9.17) is 11.6 Å². The second-order valence-electron chi connectivity index (χ2n) is 1.43. The Hall–Kier alpha value is -0.960. The molecule has 0 spiro atoms. The molecule has 1 rings (SSSR count). The predicted octanol–water partition coefficient (Wildman–Crippen LogP) is 0.943. The molecule has 0 atom stereocenters. The van der Waals surface area contributed by atoms with Gasteiger partial charge in [-0.1, -0.05) is 11.6 Å². The highest BCUT2D eigenvalue weighted by Crippen LogP contribution is 2.01. The van der Waals surface area contributed by atoms with Crippen molar-refractivity contribution >= 4 is 17.9 Å². The minimum atomic E-state index is 0.236. The van der Waals surface area contributed by atoms with Gasteiger partial charge in [0.15, 0.2) is 11.4 Å². The molecule has 0 unspecified atom stereocenters. The zero-order valence-corrected chi connectivity index (χ0v) is 5.17. The molecule has 0 aliphatic heterocycles. The fourth-order valence-corrected chi connectivity index (χ4v) is 0.588. The van der Waals surface area contributed by atoms with Crippen molar-refractivity contribution in [2.45, 2.75) is 0 Å². The third-order valence-electron chi connectivity index (χ3n) is 0.782. The summed E-state index contributed by atoms with van der Waals surface area (Å²) in [5.74, 6) is 0. The van der Waals surface area contributed by atoms with Gasteiger partial charge >= 0.3 is 0 Å². The number of hydrogen-bond donors (Lipinski definition) is 0. The molecule has 0 aliphatic carbocycles. The van der Waals surface area contributed by atoms with Crippen LogP contribution in [0.5, 0.6) is 0 Å². The lowest BCUT2D eigenvalue weighted by Crippen LogP contribution is -1.85. The molecule has 3 nitrogen and oxygen atoms in total. The number of nitrogens with zero attached hydrogens (tertiary/aromatic N) is 2. The Morgan fingerprint density at radius 1 is 1.67 bits per heavy atom. The molecule has 46 valence electrons. The van der Waals surface area contributed by atoms with Crippen LogP contribution in [0, 0.1) is 0 Å². The first kappa shape index (κ1) is 6.16. The Morgan fingerprint density at radius 3 is 2.89 bits per heavy atom. The zero-order chi connectivity index (χ0) is 6.69. The second-order valence-corrected chi connectivity index (χ2v) is 1.82. The lowest BCUT2D eigenvalue weighted by atomic mass is 10.3. The summed E-state index contributed by atoms with van der Waals surface area (Å²) in [6.45, 7) is 0. The number of aldehydes is 1. The van der Waals surface area contributed by atoms with Gasteiger partial charge in [-0.2, -0.15) is 5.10 Å². The van der Waals surface area contributed by atoms with E-state index >= 15 is 0 Å². The number of carbonyl (C=O) groups is 1. The molecule has 0 amide bonds. The van der Waals surface area contributed by atoms with Crippen molar-refractivity contribution in [3.63, 3.8) is 0 Å². The summed E-state index contributed by atoms with van der Waals surface area (Å²) in [4.78, 5) is 10.0. The number of rotatable bonds is 1. The van der Waals surface area contributed by atoms with Crippen LogP contribution < -0.4 is 0 Å². The predicted molar refractivity (Wildman–Crippen MR) is 32.4 cm³/mol. The van der Waals surface area contributed by atoms with Crippen LogP contribution >= 0.6 is 11.6 Å². The summed E-state index contributed by atoms with van der Waals surface area (Å²) in [5, 5.41) is 7.12. The maximum atomic E-state index is 10.0. The van der Waals surface area contributed by atoms with Gasteiger partial charge in [-0.25, -0.2) is 0 Å². The monoisotopic (exact) mass is 142 g/mol. The van der Waals surface area contributed by atoms with Gasteiger partial charge < -0.3 is 0 Å². The minimum absolute atomic E-state index is 0.236. The van der Waals surface area contributed by atoms with E-state index in [0.29, 0.717) is 11.8 Å². The third-order valence-corrected chi connectivity index (χ3v) is 0.967. The highest BCUT2D eigenvalue weighted by molar-refractivity contribution is 6.29. The normalized spacial score (nSPS) is 9.00.